The van der Waals surface area contributed by atoms with Gasteiger partial charge >= 0.3 is 0 Å². The first-order valence-electron chi connectivity index (χ1n) is 4.98. The summed E-state index contributed by atoms with van der Waals surface area (Å²) < 4.78 is 0. The molecule has 1 aliphatic carbocycles. The van der Waals surface area contributed by atoms with Gasteiger partial charge in [-0.05, 0) is 37.0 Å². The average Bonchev–Trinajstić information content (AvgIpc) is 2.06. The lowest BCUT2D eigenvalue weighted by atomic mass is 9.82. The number of hydrogen-bond donors (Lipinski definition) is 0. The lowest BCUT2D eigenvalue weighted by Crippen LogP contribution is -2.13. The summed E-state index contributed by atoms with van der Waals surface area (Å²) in [7, 11) is 0. The van der Waals surface area contributed by atoms with Gasteiger partial charge in [0.1, 0.15) is 0 Å². The third kappa shape index (κ3) is 2.93. The van der Waals surface area contributed by atoms with Gasteiger partial charge in [0, 0.05) is 5.33 Å². The van der Waals surface area contributed by atoms with Crippen LogP contribution in [0.2, 0.25) is 0 Å². The third-order valence-corrected chi connectivity index (χ3v) is 3.30. The van der Waals surface area contributed by atoms with Gasteiger partial charge < -0.3 is 0 Å². The maximum atomic E-state index is 3.50. The molecule has 70 valence electrons. The maximum absolute atomic E-state index is 3.50. The third-order valence-electron chi connectivity index (χ3n) is 2.84. The van der Waals surface area contributed by atoms with Gasteiger partial charge in [-0.15, -0.1) is 0 Å². The van der Waals surface area contributed by atoms with Crippen LogP contribution in [0, 0.1) is 17.8 Å². The van der Waals surface area contributed by atoms with Crippen LogP contribution in [0.25, 0.3) is 0 Å². The Morgan fingerprint density at radius 1 is 1.33 bits per heavy atom. The average molecular weight is 231 g/mol. The Labute approximate surface area is 84.6 Å². The molecule has 0 fully saturated rings. The molecule has 0 saturated heterocycles. The molecule has 0 aliphatic heterocycles. The zero-order valence-electron chi connectivity index (χ0n) is 8.09. The maximum Gasteiger partial charge on any atom is 0.00369 e. The van der Waals surface area contributed by atoms with E-state index in [0.29, 0.717) is 0 Å². The van der Waals surface area contributed by atoms with Crippen molar-refractivity contribution in [2.24, 2.45) is 17.8 Å². The molecule has 1 rings (SSSR count). The Balaban J connectivity index is 2.36. The standard InChI is InChI=1S/C11H19Br/c1-9(2)11-5-3-10(4-6-11)7-8-12/h3,5,9-11H,4,6-8H2,1-2H3/t10-,11-/m1/s1. The fraction of sp³-hybridized carbons (Fsp3) is 0.818. The summed E-state index contributed by atoms with van der Waals surface area (Å²) in [6, 6.07) is 0. The normalized spacial score (nSPS) is 29.7. The molecule has 12 heavy (non-hydrogen) atoms. The van der Waals surface area contributed by atoms with Crippen LogP contribution in [0.15, 0.2) is 12.2 Å². The molecule has 0 spiro atoms. The minimum absolute atomic E-state index is 0.825. The number of allylic oxidation sites excluding steroid dienone is 2. The van der Waals surface area contributed by atoms with Crippen molar-refractivity contribution in [2.75, 3.05) is 5.33 Å². The molecule has 1 heteroatoms. The highest BCUT2D eigenvalue weighted by Crippen LogP contribution is 2.29. The largest absolute Gasteiger partial charge is 0.0928 e. The summed E-state index contributed by atoms with van der Waals surface area (Å²) in [5, 5.41) is 1.15. The van der Waals surface area contributed by atoms with Crippen LogP contribution in [0.1, 0.15) is 33.1 Å². The van der Waals surface area contributed by atoms with Gasteiger partial charge in [-0.2, -0.15) is 0 Å². The zero-order valence-corrected chi connectivity index (χ0v) is 9.68. The predicted octanol–water partition coefficient (Wildman–Crippen LogP) is 4.01. The lowest BCUT2D eigenvalue weighted by Gasteiger charge is -2.24. The van der Waals surface area contributed by atoms with Crippen molar-refractivity contribution in [3.05, 3.63) is 12.2 Å². The molecule has 0 nitrogen and oxygen atoms in total. The Bertz CT molecular complexity index is 149. The van der Waals surface area contributed by atoms with Crippen LogP contribution in [0.3, 0.4) is 0 Å². The summed E-state index contributed by atoms with van der Waals surface area (Å²) in [6.07, 6.45) is 8.95. The monoisotopic (exact) mass is 230 g/mol. The van der Waals surface area contributed by atoms with Crippen molar-refractivity contribution in [1.29, 1.82) is 0 Å². The van der Waals surface area contributed by atoms with E-state index in [0.717, 1.165) is 23.1 Å². The Kier molecular flexibility index (Phi) is 4.34. The number of alkyl halides is 1. The highest BCUT2D eigenvalue weighted by molar-refractivity contribution is 9.09. The molecule has 0 aromatic carbocycles. The molecule has 0 amide bonds. The molecule has 0 aromatic heterocycles. The first-order chi connectivity index (χ1) is 5.74. The molecule has 1 aliphatic rings. The van der Waals surface area contributed by atoms with E-state index in [1.807, 2.05) is 0 Å². The van der Waals surface area contributed by atoms with Crippen molar-refractivity contribution >= 4 is 15.9 Å². The van der Waals surface area contributed by atoms with E-state index in [4.69, 9.17) is 0 Å². The smallest absolute Gasteiger partial charge is 0.00369 e. The van der Waals surface area contributed by atoms with Crippen LogP contribution in [-0.2, 0) is 0 Å². The molecular formula is C11H19Br. The fourth-order valence-electron chi connectivity index (χ4n) is 1.84. The van der Waals surface area contributed by atoms with Crippen LogP contribution in [0.5, 0.6) is 0 Å². The minimum atomic E-state index is 0.825. The van der Waals surface area contributed by atoms with Crippen LogP contribution in [-0.4, -0.2) is 5.33 Å². The topological polar surface area (TPSA) is 0 Å². The van der Waals surface area contributed by atoms with E-state index >= 15 is 0 Å². The highest BCUT2D eigenvalue weighted by Gasteiger charge is 2.17. The molecule has 0 radical (unpaired) electrons. The summed E-state index contributed by atoms with van der Waals surface area (Å²) >= 11 is 3.50. The molecule has 0 bridgehead atoms. The van der Waals surface area contributed by atoms with Gasteiger partial charge in [0.2, 0.25) is 0 Å². The summed E-state index contributed by atoms with van der Waals surface area (Å²) in [5.41, 5.74) is 0. The van der Waals surface area contributed by atoms with Crippen molar-refractivity contribution in [3.8, 4) is 0 Å². The summed E-state index contributed by atoms with van der Waals surface area (Å²) in [5.74, 6) is 2.52. The summed E-state index contributed by atoms with van der Waals surface area (Å²) in [4.78, 5) is 0. The van der Waals surface area contributed by atoms with Crippen molar-refractivity contribution in [1.82, 2.24) is 0 Å². The summed E-state index contributed by atoms with van der Waals surface area (Å²) in [6.45, 7) is 4.64. The van der Waals surface area contributed by atoms with E-state index in [2.05, 4.69) is 41.9 Å². The van der Waals surface area contributed by atoms with Crippen molar-refractivity contribution in [3.63, 3.8) is 0 Å². The SMILES string of the molecule is CC(C)[C@@H]1C=C[C@@H](CCBr)CC1. The zero-order chi connectivity index (χ0) is 8.97. The van der Waals surface area contributed by atoms with Crippen LogP contribution >= 0.6 is 15.9 Å². The second-order valence-corrected chi connectivity index (χ2v) is 4.90. The predicted molar refractivity (Wildman–Crippen MR) is 58.6 cm³/mol. The molecule has 0 N–H and O–H groups in total. The Morgan fingerprint density at radius 3 is 2.50 bits per heavy atom. The minimum Gasteiger partial charge on any atom is -0.0928 e. The molecule has 0 saturated carbocycles. The van der Waals surface area contributed by atoms with E-state index < -0.39 is 0 Å². The fourth-order valence-corrected chi connectivity index (χ4v) is 2.42. The second-order valence-electron chi connectivity index (χ2n) is 4.11. The Morgan fingerprint density at radius 2 is 2.08 bits per heavy atom. The van der Waals surface area contributed by atoms with E-state index in [1.54, 1.807) is 0 Å². The first-order valence-corrected chi connectivity index (χ1v) is 6.10. The van der Waals surface area contributed by atoms with Crippen LogP contribution in [0.4, 0.5) is 0 Å². The number of rotatable bonds is 3. The van der Waals surface area contributed by atoms with Gasteiger partial charge in [0.15, 0.2) is 0 Å². The number of halogens is 1. The molecule has 0 aromatic rings. The van der Waals surface area contributed by atoms with E-state index in [-0.39, 0.29) is 0 Å². The van der Waals surface area contributed by atoms with Crippen molar-refractivity contribution < 1.29 is 0 Å². The lowest BCUT2D eigenvalue weighted by molar-refractivity contribution is 0.371. The molecular weight excluding hydrogens is 212 g/mol. The second kappa shape index (κ2) is 5.06. The van der Waals surface area contributed by atoms with Gasteiger partial charge in [0.25, 0.3) is 0 Å². The van der Waals surface area contributed by atoms with Gasteiger partial charge in [-0.3, -0.25) is 0 Å². The quantitative estimate of drug-likeness (QED) is 0.508. The first kappa shape index (κ1) is 10.3. The molecule has 0 heterocycles. The molecule has 0 unspecified atom stereocenters. The van der Waals surface area contributed by atoms with E-state index in [1.165, 1.54) is 19.3 Å². The molecule has 2 atom stereocenters. The highest BCUT2D eigenvalue weighted by atomic mass is 79.9. The van der Waals surface area contributed by atoms with E-state index in [9.17, 15) is 0 Å². The van der Waals surface area contributed by atoms with Gasteiger partial charge in [-0.1, -0.05) is 41.9 Å². The van der Waals surface area contributed by atoms with Gasteiger partial charge in [-0.25, -0.2) is 0 Å². The van der Waals surface area contributed by atoms with Crippen molar-refractivity contribution in [2.45, 2.75) is 33.1 Å². The van der Waals surface area contributed by atoms with Crippen LogP contribution < -0.4 is 0 Å². The Hall–Kier alpha value is 0.220. The van der Waals surface area contributed by atoms with Gasteiger partial charge in [0.05, 0.1) is 0 Å². The number of hydrogen-bond acceptors (Lipinski definition) is 0.